The quantitative estimate of drug-likeness (QED) is 0.862. The first kappa shape index (κ1) is 16.4. The zero-order valence-electron chi connectivity index (χ0n) is 14.4. The Labute approximate surface area is 143 Å². The number of hydrogen-bond acceptors (Lipinski definition) is 2. The van der Waals surface area contributed by atoms with Crippen LogP contribution in [0.15, 0.2) is 54.6 Å². The highest BCUT2D eigenvalue weighted by Gasteiger charge is 2.45. The molecule has 3 heteroatoms. The molecule has 124 valence electrons. The van der Waals surface area contributed by atoms with Gasteiger partial charge in [-0.25, -0.2) is 0 Å². The number of amides is 1. The summed E-state index contributed by atoms with van der Waals surface area (Å²) in [4.78, 5) is 24.7. The van der Waals surface area contributed by atoms with Crippen molar-refractivity contribution in [1.29, 1.82) is 0 Å². The van der Waals surface area contributed by atoms with E-state index < -0.39 is 0 Å². The molecule has 1 N–H and O–H groups in total. The molecule has 1 aliphatic rings. The normalized spacial score (nSPS) is 19.6. The van der Waals surface area contributed by atoms with E-state index >= 15 is 0 Å². The predicted molar refractivity (Wildman–Crippen MR) is 95.1 cm³/mol. The van der Waals surface area contributed by atoms with E-state index in [1.54, 1.807) is 36.4 Å². The zero-order valence-corrected chi connectivity index (χ0v) is 14.4. The second kappa shape index (κ2) is 6.23. The van der Waals surface area contributed by atoms with Gasteiger partial charge in [0.15, 0.2) is 5.78 Å². The van der Waals surface area contributed by atoms with Crippen molar-refractivity contribution in [3.8, 4) is 0 Å². The lowest BCUT2D eigenvalue weighted by Crippen LogP contribution is -2.29. The van der Waals surface area contributed by atoms with Crippen molar-refractivity contribution in [2.75, 3.05) is 0 Å². The Morgan fingerprint density at radius 3 is 1.96 bits per heavy atom. The van der Waals surface area contributed by atoms with E-state index in [4.69, 9.17) is 0 Å². The molecule has 1 saturated carbocycles. The van der Waals surface area contributed by atoms with Crippen molar-refractivity contribution in [3.63, 3.8) is 0 Å². The number of ketones is 1. The summed E-state index contributed by atoms with van der Waals surface area (Å²) >= 11 is 0. The second-order valence-electron chi connectivity index (χ2n) is 7.56. The van der Waals surface area contributed by atoms with Crippen LogP contribution in [0.5, 0.6) is 0 Å². The molecule has 0 heterocycles. The van der Waals surface area contributed by atoms with Gasteiger partial charge in [0.25, 0.3) is 5.91 Å². The van der Waals surface area contributed by atoms with Crippen LogP contribution in [0.25, 0.3) is 0 Å². The van der Waals surface area contributed by atoms with E-state index in [-0.39, 0.29) is 23.1 Å². The summed E-state index contributed by atoms with van der Waals surface area (Å²) in [5.41, 5.74) is 2.07. The highest BCUT2D eigenvalue weighted by molar-refractivity contribution is 6.09. The third kappa shape index (κ3) is 3.56. The maximum atomic E-state index is 12.4. The molecule has 3 rings (SSSR count). The van der Waals surface area contributed by atoms with Crippen LogP contribution in [0, 0.1) is 11.3 Å². The average molecular weight is 321 g/mol. The van der Waals surface area contributed by atoms with Crippen molar-refractivity contribution < 1.29 is 9.59 Å². The molecule has 2 aromatic carbocycles. The fourth-order valence-electron chi connectivity index (χ4n) is 3.09. The van der Waals surface area contributed by atoms with Crippen LogP contribution in [-0.4, -0.2) is 17.7 Å². The predicted octanol–water partition coefficient (Wildman–Crippen LogP) is 4.08. The Morgan fingerprint density at radius 1 is 0.875 bits per heavy atom. The number of hydrogen-bond donors (Lipinski definition) is 1. The molecular formula is C21H23NO2. The van der Waals surface area contributed by atoms with Crippen LogP contribution in [0.4, 0.5) is 0 Å². The number of rotatable bonds is 4. The minimum atomic E-state index is -0.0644. The first-order valence-electron chi connectivity index (χ1n) is 8.37. The molecule has 0 bridgehead atoms. The molecule has 0 unspecified atom stereocenters. The standard InChI is InChI=1S/C21H23NO2/c1-21(2,3)17-13-18(17)22-20(24)16-11-9-15(10-12-16)19(23)14-7-5-4-6-8-14/h4-12,17-18H,13H2,1-3H3,(H,22,24)/t17-,18-/m1/s1. The lowest BCUT2D eigenvalue weighted by atomic mass is 9.90. The summed E-state index contributed by atoms with van der Waals surface area (Å²) in [5, 5.41) is 3.08. The van der Waals surface area contributed by atoms with E-state index in [1.165, 1.54) is 0 Å². The van der Waals surface area contributed by atoms with Crippen LogP contribution >= 0.6 is 0 Å². The molecule has 0 aromatic heterocycles. The Hall–Kier alpha value is -2.42. The number of carbonyl (C=O) groups excluding carboxylic acids is 2. The lowest BCUT2D eigenvalue weighted by molar-refractivity contribution is 0.0944. The minimum absolute atomic E-state index is 0.0300. The number of nitrogens with one attached hydrogen (secondary N) is 1. The lowest BCUT2D eigenvalue weighted by Gasteiger charge is -2.18. The SMILES string of the molecule is CC(C)(C)[C@@H]1C[C@H]1NC(=O)c1ccc(C(=O)c2ccccc2)cc1. The van der Waals surface area contributed by atoms with Gasteiger partial charge in [-0.1, -0.05) is 63.2 Å². The van der Waals surface area contributed by atoms with E-state index in [0.717, 1.165) is 6.42 Å². The van der Waals surface area contributed by atoms with Crippen LogP contribution in [-0.2, 0) is 0 Å². The average Bonchev–Trinajstić information content (AvgIpc) is 3.35. The molecule has 2 aromatic rings. The highest BCUT2D eigenvalue weighted by atomic mass is 16.1. The Balaban J connectivity index is 1.65. The summed E-state index contributed by atoms with van der Waals surface area (Å²) in [6, 6.07) is 16.3. The number of benzene rings is 2. The molecular weight excluding hydrogens is 298 g/mol. The van der Waals surface area contributed by atoms with Crippen molar-refractivity contribution in [2.45, 2.75) is 33.2 Å². The fraction of sp³-hybridized carbons (Fsp3) is 0.333. The molecule has 0 aliphatic heterocycles. The summed E-state index contributed by atoms with van der Waals surface area (Å²) in [6.45, 7) is 6.61. The van der Waals surface area contributed by atoms with Crippen LogP contribution < -0.4 is 5.32 Å². The highest BCUT2D eigenvalue weighted by Crippen LogP contribution is 2.45. The summed E-state index contributed by atoms with van der Waals surface area (Å²) in [6.07, 6.45) is 1.04. The topological polar surface area (TPSA) is 46.2 Å². The first-order valence-corrected chi connectivity index (χ1v) is 8.37. The van der Waals surface area contributed by atoms with Crippen LogP contribution in [0.3, 0.4) is 0 Å². The Kier molecular flexibility index (Phi) is 4.27. The van der Waals surface area contributed by atoms with Gasteiger partial charge in [-0.15, -0.1) is 0 Å². The summed E-state index contributed by atoms with van der Waals surface area (Å²) in [5.74, 6) is 0.448. The fourth-order valence-corrected chi connectivity index (χ4v) is 3.09. The third-order valence-electron chi connectivity index (χ3n) is 4.66. The zero-order chi connectivity index (χ0) is 17.3. The van der Waals surface area contributed by atoms with Crippen LogP contribution in [0.2, 0.25) is 0 Å². The maximum Gasteiger partial charge on any atom is 0.251 e. The van der Waals surface area contributed by atoms with Gasteiger partial charge in [-0.05, 0) is 29.9 Å². The Morgan fingerprint density at radius 2 is 1.42 bits per heavy atom. The van der Waals surface area contributed by atoms with E-state index in [9.17, 15) is 9.59 Å². The van der Waals surface area contributed by atoms with E-state index in [0.29, 0.717) is 22.6 Å². The van der Waals surface area contributed by atoms with E-state index in [1.807, 2.05) is 18.2 Å². The first-order chi connectivity index (χ1) is 11.4. The molecule has 2 atom stereocenters. The van der Waals surface area contributed by atoms with Gasteiger partial charge in [0.05, 0.1) is 0 Å². The van der Waals surface area contributed by atoms with Gasteiger partial charge >= 0.3 is 0 Å². The van der Waals surface area contributed by atoms with E-state index in [2.05, 4.69) is 26.1 Å². The molecule has 0 saturated heterocycles. The monoisotopic (exact) mass is 321 g/mol. The van der Waals surface area contributed by atoms with Gasteiger partial charge in [-0.3, -0.25) is 9.59 Å². The summed E-state index contributed by atoms with van der Waals surface area (Å²) < 4.78 is 0. The molecule has 0 radical (unpaired) electrons. The van der Waals surface area contributed by atoms with Gasteiger partial charge in [0.1, 0.15) is 0 Å². The van der Waals surface area contributed by atoms with Crippen molar-refractivity contribution in [1.82, 2.24) is 5.32 Å². The minimum Gasteiger partial charge on any atom is -0.349 e. The largest absolute Gasteiger partial charge is 0.349 e. The molecule has 1 fully saturated rings. The van der Waals surface area contributed by atoms with Gasteiger partial charge in [0.2, 0.25) is 0 Å². The van der Waals surface area contributed by atoms with Crippen molar-refractivity contribution in [3.05, 3.63) is 71.3 Å². The van der Waals surface area contributed by atoms with Crippen molar-refractivity contribution in [2.24, 2.45) is 11.3 Å². The van der Waals surface area contributed by atoms with Gasteiger partial charge in [-0.2, -0.15) is 0 Å². The van der Waals surface area contributed by atoms with Gasteiger partial charge in [0, 0.05) is 22.7 Å². The second-order valence-corrected chi connectivity index (χ2v) is 7.56. The Bertz CT molecular complexity index is 742. The molecule has 24 heavy (non-hydrogen) atoms. The smallest absolute Gasteiger partial charge is 0.251 e. The van der Waals surface area contributed by atoms with Crippen LogP contribution in [0.1, 0.15) is 53.5 Å². The number of carbonyl (C=O) groups is 2. The van der Waals surface area contributed by atoms with Gasteiger partial charge < -0.3 is 5.32 Å². The maximum absolute atomic E-state index is 12.4. The molecule has 3 nitrogen and oxygen atoms in total. The third-order valence-corrected chi connectivity index (χ3v) is 4.66. The summed E-state index contributed by atoms with van der Waals surface area (Å²) in [7, 11) is 0. The molecule has 1 amide bonds. The van der Waals surface area contributed by atoms with Crippen molar-refractivity contribution >= 4 is 11.7 Å². The molecule has 0 spiro atoms. The molecule has 1 aliphatic carbocycles.